The summed E-state index contributed by atoms with van der Waals surface area (Å²) in [6.45, 7) is 2.79. The molecule has 2 aromatic rings. The van der Waals surface area contributed by atoms with Crippen molar-refractivity contribution >= 4 is 17.4 Å². The molecule has 130 valence electrons. The average molecular weight is 343 g/mol. The number of aromatic nitrogens is 1. The van der Waals surface area contributed by atoms with Gasteiger partial charge >= 0.3 is 0 Å². The van der Waals surface area contributed by atoms with Gasteiger partial charge in [0.05, 0.1) is 12.3 Å². The van der Waals surface area contributed by atoms with Crippen LogP contribution in [0.5, 0.6) is 5.88 Å². The summed E-state index contributed by atoms with van der Waals surface area (Å²) in [6, 6.07) is 9.48. The Labute approximate surface area is 144 Å². The van der Waals surface area contributed by atoms with Gasteiger partial charge in [-0.25, -0.2) is 9.37 Å². The molecule has 1 atom stereocenters. The van der Waals surface area contributed by atoms with Gasteiger partial charge in [0, 0.05) is 19.2 Å². The predicted octanol–water partition coefficient (Wildman–Crippen LogP) is 1.92. The van der Waals surface area contributed by atoms with Crippen LogP contribution in [0.2, 0.25) is 0 Å². The van der Waals surface area contributed by atoms with Gasteiger partial charge in [0.1, 0.15) is 17.4 Å². The van der Waals surface area contributed by atoms with Gasteiger partial charge in [-0.2, -0.15) is 0 Å². The summed E-state index contributed by atoms with van der Waals surface area (Å²) in [5.41, 5.74) is 7.01. The number of benzene rings is 1. The molecule has 3 rings (SSSR count). The molecule has 1 aromatic carbocycles. The second-order valence-corrected chi connectivity index (χ2v) is 5.78. The third-order valence-corrected chi connectivity index (χ3v) is 4.06. The number of amides is 1. The number of ether oxygens (including phenoxy) is 1. The van der Waals surface area contributed by atoms with Crippen molar-refractivity contribution in [2.75, 3.05) is 18.1 Å². The number of pyridine rings is 1. The van der Waals surface area contributed by atoms with Crippen molar-refractivity contribution in [3.8, 4) is 5.88 Å². The van der Waals surface area contributed by atoms with Gasteiger partial charge in [-0.05, 0) is 30.7 Å². The molecule has 1 aromatic heterocycles. The molecule has 25 heavy (non-hydrogen) atoms. The van der Waals surface area contributed by atoms with Crippen molar-refractivity contribution in [1.82, 2.24) is 4.98 Å². The number of carbonyl (C=O) groups excluding carboxylic acids is 2. The van der Waals surface area contributed by atoms with E-state index in [0.29, 0.717) is 24.7 Å². The molecule has 0 aliphatic carbocycles. The Morgan fingerprint density at radius 2 is 2.04 bits per heavy atom. The Balaban J connectivity index is 1.98. The second-order valence-electron chi connectivity index (χ2n) is 5.78. The van der Waals surface area contributed by atoms with Crippen molar-refractivity contribution in [3.05, 3.63) is 53.5 Å². The van der Waals surface area contributed by atoms with Crippen LogP contribution in [0.1, 0.15) is 23.0 Å². The van der Waals surface area contributed by atoms with Crippen LogP contribution in [0.4, 0.5) is 10.1 Å². The van der Waals surface area contributed by atoms with Gasteiger partial charge in [0.15, 0.2) is 5.78 Å². The lowest BCUT2D eigenvalue weighted by molar-refractivity contribution is -0.120. The van der Waals surface area contributed by atoms with Crippen LogP contribution in [-0.4, -0.2) is 29.8 Å². The van der Waals surface area contributed by atoms with Crippen molar-refractivity contribution in [2.45, 2.75) is 13.5 Å². The lowest BCUT2D eigenvalue weighted by atomic mass is 9.93. The predicted molar refractivity (Wildman–Crippen MR) is 89.9 cm³/mol. The SMILES string of the molecule is CCOc1ccc2c(n1)C(=O)C(C(N)=O)CN2Cc1ccc(F)cc1. The van der Waals surface area contributed by atoms with Crippen molar-refractivity contribution in [1.29, 1.82) is 0 Å². The molecule has 2 heterocycles. The third kappa shape index (κ3) is 3.45. The molecule has 1 aliphatic heterocycles. The minimum atomic E-state index is -0.975. The highest BCUT2D eigenvalue weighted by atomic mass is 19.1. The maximum absolute atomic E-state index is 13.1. The van der Waals surface area contributed by atoms with Gasteiger partial charge in [-0.3, -0.25) is 9.59 Å². The first kappa shape index (κ1) is 16.9. The molecule has 0 spiro atoms. The van der Waals surface area contributed by atoms with Crippen LogP contribution >= 0.6 is 0 Å². The molecule has 1 amide bonds. The second kappa shape index (κ2) is 6.88. The molecular formula is C18H18FN3O3. The molecule has 7 heteroatoms. The summed E-state index contributed by atoms with van der Waals surface area (Å²) < 4.78 is 18.4. The van der Waals surface area contributed by atoms with E-state index < -0.39 is 17.6 Å². The quantitative estimate of drug-likeness (QED) is 0.839. The van der Waals surface area contributed by atoms with E-state index in [9.17, 15) is 14.0 Å². The van der Waals surface area contributed by atoms with E-state index in [2.05, 4.69) is 4.98 Å². The summed E-state index contributed by atoms with van der Waals surface area (Å²) in [4.78, 5) is 30.3. The van der Waals surface area contributed by atoms with Crippen LogP contribution in [-0.2, 0) is 11.3 Å². The Morgan fingerprint density at radius 1 is 1.32 bits per heavy atom. The van der Waals surface area contributed by atoms with Crippen LogP contribution in [0.25, 0.3) is 0 Å². The Bertz CT molecular complexity index is 808. The fraction of sp³-hybridized carbons (Fsp3) is 0.278. The molecule has 1 unspecified atom stereocenters. The standard InChI is InChI=1S/C18H18FN3O3/c1-2-25-15-8-7-14-16(21-15)17(23)13(18(20)24)10-22(14)9-11-3-5-12(19)6-4-11/h3-8,13H,2,9-10H2,1H3,(H2,20,24). The van der Waals surface area contributed by atoms with Crippen LogP contribution in [0, 0.1) is 11.7 Å². The largest absolute Gasteiger partial charge is 0.478 e. The van der Waals surface area contributed by atoms with E-state index in [4.69, 9.17) is 10.5 Å². The van der Waals surface area contributed by atoms with E-state index in [1.807, 2.05) is 11.8 Å². The Morgan fingerprint density at radius 3 is 2.68 bits per heavy atom. The highest BCUT2D eigenvalue weighted by Gasteiger charge is 2.36. The summed E-state index contributed by atoms with van der Waals surface area (Å²) in [7, 11) is 0. The molecule has 0 radical (unpaired) electrons. The molecule has 1 aliphatic rings. The molecule has 0 saturated heterocycles. The van der Waals surface area contributed by atoms with E-state index in [-0.39, 0.29) is 18.1 Å². The van der Waals surface area contributed by atoms with Crippen molar-refractivity contribution in [3.63, 3.8) is 0 Å². The number of ketones is 1. The van der Waals surface area contributed by atoms with Gasteiger partial charge < -0.3 is 15.4 Å². The Kier molecular flexibility index (Phi) is 4.65. The van der Waals surface area contributed by atoms with Crippen LogP contribution < -0.4 is 15.4 Å². The van der Waals surface area contributed by atoms with E-state index in [1.165, 1.54) is 12.1 Å². The van der Waals surface area contributed by atoms with Gasteiger partial charge in [-0.15, -0.1) is 0 Å². The van der Waals surface area contributed by atoms with E-state index in [0.717, 1.165) is 5.56 Å². The lowest BCUT2D eigenvalue weighted by Gasteiger charge is -2.33. The zero-order chi connectivity index (χ0) is 18.0. The fourth-order valence-electron chi connectivity index (χ4n) is 2.84. The Hall–Kier alpha value is -2.96. The summed E-state index contributed by atoms with van der Waals surface area (Å²) in [5.74, 6) is -2.07. The zero-order valence-electron chi connectivity index (χ0n) is 13.7. The van der Waals surface area contributed by atoms with Crippen LogP contribution in [0.3, 0.4) is 0 Å². The van der Waals surface area contributed by atoms with E-state index in [1.54, 1.807) is 24.3 Å². The van der Waals surface area contributed by atoms with Crippen LogP contribution in [0.15, 0.2) is 36.4 Å². The monoisotopic (exact) mass is 343 g/mol. The van der Waals surface area contributed by atoms with Gasteiger partial charge in [-0.1, -0.05) is 12.1 Å². The molecular weight excluding hydrogens is 325 g/mol. The number of hydrogen-bond donors (Lipinski definition) is 1. The minimum Gasteiger partial charge on any atom is -0.478 e. The summed E-state index contributed by atoms with van der Waals surface area (Å²) >= 11 is 0. The average Bonchev–Trinajstić information content (AvgIpc) is 2.59. The van der Waals surface area contributed by atoms with E-state index >= 15 is 0 Å². The summed E-state index contributed by atoms with van der Waals surface area (Å²) in [6.07, 6.45) is 0. The number of halogens is 1. The lowest BCUT2D eigenvalue weighted by Crippen LogP contribution is -2.45. The first-order valence-electron chi connectivity index (χ1n) is 7.96. The number of rotatable bonds is 5. The minimum absolute atomic E-state index is 0.161. The topological polar surface area (TPSA) is 85.5 Å². The maximum Gasteiger partial charge on any atom is 0.230 e. The number of primary amides is 1. The number of nitrogens with two attached hydrogens (primary N) is 1. The number of anilines is 1. The molecule has 0 bridgehead atoms. The highest BCUT2D eigenvalue weighted by Crippen LogP contribution is 2.31. The zero-order valence-corrected chi connectivity index (χ0v) is 13.7. The first-order chi connectivity index (χ1) is 12.0. The normalized spacial score (nSPS) is 16.5. The smallest absolute Gasteiger partial charge is 0.230 e. The van der Waals surface area contributed by atoms with Gasteiger partial charge in [0.2, 0.25) is 11.8 Å². The number of carbonyl (C=O) groups is 2. The molecule has 0 fully saturated rings. The summed E-state index contributed by atoms with van der Waals surface area (Å²) in [5, 5.41) is 0. The number of nitrogens with zero attached hydrogens (tertiary/aromatic N) is 2. The molecule has 0 saturated carbocycles. The number of hydrogen-bond acceptors (Lipinski definition) is 5. The molecule has 6 nitrogen and oxygen atoms in total. The number of Topliss-reactive ketones (excluding diaryl/α,β-unsaturated/α-hetero) is 1. The third-order valence-electron chi connectivity index (χ3n) is 4.06. The highest BCUT2D eigenvalue weighted by molar-refractivity contribution is 6.13. The van der Waals surface area contributed by atoms with Crippen molar-refractivity contribution in [2.24, 2.45) is 11.7 Å². The van der Waals surface area contributed by atoms with Gasteiger partial charge in [0.25, 0.3) is 0 Å². The number of fused-ring (bicyclic) bond motifs is 1. The fourth-order valence-corrected chi connectivity index (χ4v) is 2.84. The maximum atomic E-state index is 13.1. The first-order valence-corrected chi connectivity index (χ1v) is 7.96. The van der Waals surface area contributed by atoms with Crippen molar-refractivity contribution < 1.29 is 18.7 Å². The molecule has 2 N–H and O–H groups in total.